The van der Waals surface area contributed by atoms with E-state index in [9.17, 15) is 61.5 Å². The lowest BCUT2D eigenvalue weighted by molar-refractivity contribution is -0.575. The number of rotatable bonds is 4. The number of methoxy groups -OCH3 is 2. The van der Waals surface area contributed by atoms with Crippen LogP contribution in [0.5, 0.6) is 0 Å². The van der Waals surface area contributed by atoms with Crippen molar-refractivity contribution in [1.82, 2.24) is 0 Å². The van der Waals surface area contributed by atoms with Gasteiger partial charge < -0.3 is 9.47 Å². The van der Waals surface area contributed by atoms with Gasteiger partial charge in [-0.2, -0.15) is 61.5 Å². The van der Waals surface area contributed by atoms with Crippen molar-refractivity contribution in [3.63, 3.8) is 0 Å². The summed E-state index contributed by atoms with van der Waals surface area (Å²) in [7, 11) is -1.13. The molecule has 2 nitrogen and oxygen atoms in total. The molecule has 0 saturated heterocycles. The molecule has 0 aromatic heterocycles. The lowest BCUT2D eigenvalue weighted by Gasteiger charge is -2.58. The Balaban J connectivity index is 4.30. The van der Waals surface area contributed by atoms with Crippen molar-refractivity contribution >= 4 is 0 Å². The van der Waals surface area contributed by atoms with Crippen molar-refractivity contribution in [2.75, 3.05) is 14.2 Å². The number of ether oxygens (including phenoxy) is 2. The Morgan fingerprint density at radius 2 is 0.654 bits per heavy atom. The lowest BCUT2D eigenvalue weighted by Crippen LogP contribution is -2.89. The van der Waals surface area contributed by atoms with Crippen molar-refractivity contribution in [3.8, 4) is 0 Å². The zero-order valence-electron chi connectivity index (χ0n) is 12.1. The molecular weight excluding hydrogens is 418 g/mol. The van der Waals surface area contributed by atoms with E-state index in [1.165, 1.54) is 0 Å². The van der Waals surface area contributed by atoms with E-state index in [0.717, 1.165) is 0 Å². The highest BCUT2D eigenvalue weighted by Gasteiger charge is 3.09. The first-order valence-electron chi connectivity index (χ1n) is 5.87. The first-order valence-corrected chi connectivity index (χ1v) is 5.87. The predicted molar refractivity (Wildman–Crippen MR) is 51.1 cm³/mol. The van der Waals surface area contributed by atoms with Crippen molar-refractivity contribution in [2.45, 2.75) is 41.8 Å². The van der Waals surface area contributed by atoms with E-state index in [1.54, 1.807) is 0 Å². The van der Waals surface area contributed by atoms with Gasteiger partial charge >= 0.3 is 41.8 Å². The van der Waals surface area contributed by atoms with Crippen LogP contribution in [0.15, 0.2) is 0 Å². The van der Waals surface area contributed by atoms with Gasteiger partial charge in [0.25, 0.3) is 5.41 Å². The molecule has 1 fully saturated rings. The molecule has 0 amide bonds. The Labute approximate surface area is 134 Å². The van der Waals surface area contributed by atoms with E-state index in [1.807, 2.05) is 0 Å². The van der Waals surface area contributed by atoms with Gasteiger partial charge in [-0.3, -0.25) is 0 Å². The van der Waals surface area contributed by atoms with Gasteiger partial charge in [-0.25, -0.2) is 0 Å². The van der Waals surface area contributed by atoms with Crippen LogP contribution < -0.4 is 0 Å². The second-order valence-corrected chi connectivity index (χ2v) is 5.06. The van der Waals surface area contributed by atoms with Crippen molar-refractivity contribution in [1.29, 1.82) is 0 Å². The molecule has 16 heteroatoms. The maximum atomic E-state index is 13.8. The molecule has 1 saturated carbocycles. The smallest absolute Gasteiger partial charge is 0.323 e. The minimum absolute atomic E-state index is 0.567. The van der Waals surface area contributed by atoms with Crippen LogP contribution in [0.25, 0.3) is 0 Å². The normalized spacial score (nSPS) is 28.6. The summed E-state index contributed by atoms with van der Waals surface area (Å²) >= 11 is 0. The van der Waals surface area contributed by atoms with Crippen LogP contribution in [-0.2, 0) is 9.47 Å². The third-order valence-corrected chi connectivity index (χ3v) is 3.91. The van der Waals surface area contributed by atoms with E-state index >= 15 is 0 Å². The van der Waals surface area contributed by atoms with Crippen LogP contribution in [0.4, 0.5) is 61.5 Å². The highest BCUT2D eigenvalue weighted by atomic mass is 19.4. The van der Waals surface area contributed by atoms with E-state index in [2.05, 4.69) is 9.47 Å². The highest BCUT2D eigenvalue weighted by molar-refractivity contribution is 5.29. The fourth-order valence-electron chi connectivity index (χ4n) is 2.47. The molecule has 0 radical (unpaired) electrons. The molecule has 0 aromatic carbocycles. The monoisotopic (exact) mass is 424 g/mol. The average molecular weight is 424 g/mol. The zero-order valence-corrected chi connectivity index (χ0v) is 12.1. The van der Waals surface area contributed by atoms with Gasteiger partial charge in [0.05, 0.1) is 0 Å². The maximum absolute atomic E-state index is 13.8. The molecule has 0 unspecified atom stereocenters. The van der Waals surface area contributed by atoms with Gasteiger partial charge in [-0.1, -0.05) is 0 Å². The summed E-state index contributed by atoms with van der Waals surface area (Å²) in [5.41, 5.74) is -7.57. The SMILES string of the molecule is COC(F)(F)C1(C(F)(F)OC)C(F)(F)C(F)(F)C(F)(F)C(F)(F)C1(F)F. The van der Waals surface area contributed by atoms with E-state index < -0.39 is 61.5 Å². The molecule has 1 aliphatic carbocycles. The van der Waals surface area contributed by atoms with Gasteiger partial charge in [0.1, 0.15) is 0 Å². The van der Waals surface area contributed by atoms with Crippen LogP contribution in [0.2, 0.25) is 0 Å². The minimum Gasteiger partial charge on any atom is -0.323 e. The highest BCUT2D eigenvalue weighted by Crippen LogP contribution is 2.78. The van der Waals surface area contributed by atoms with Crippen LogP contribution >= 0.6 is 0 Å². The standard InChI is InChI=1S/C10H6F14O2/c1-25-9(21,22)3(10(23,24)26-2)4(11,12)6(15,16)8(19,20)7(17,18)5(3,13)14/h1-2H3. The molecule has 26 heavy (non-hydrogen) atoms. The third kappa shape index (κ3) is 1.87. The van der Waals surface area contributed by atoms with Gasteiger partial charge in [0.2, 0.25) is 0 Å². The predicted octanol–water partition coefficient (Wildman–Crippen LogP) is 4.64. The first kappa shape index (κ1) is 23.0. The van der Waals surface area contributed by atoms with Crippen LogP contribution in [0, 0.1) is 5.41 Å². The molecule has 1 rings (SSSR count). The largest absolute Gasteiger partial charge is 0.384 e. The Morgan fingerprint density at radius 1 is 0.462 bits per heavy atom. The van der Waals surface area contributed by atoms with Gasteiger partial charge in [0, 0.05) is 14.2 Å². The number of hydrogen-bond acceptors (Lipinski definition) is 2. The van der Waals surface area contributed by atoms with Crippen molar-refractivity contribution < 1.29 is 70.9 Å². The number of halogens is 14. The molecule has 0 atom stereocenters. The lowest BCUT2D eigenvalue weighted by atomic mass is 9.61. The van der Waals surface area contributed by atoms with Crippen LogP contribution in [-0.4, -0.2) is 56.0 Å². The number of hydrogen-bond donors (Lipinski definition) is 0. The molecule has 0 heterocycles. The Bertz CT molecular complexity index is 520. The van der Waals surface area contributed by atoms with E-state index in [4.69, 9.17) is 0 Å². The molecular formula is C10H6F14O2. The first-order chi connectivity index (χ1) is 11.1. The van der Waals surface area contributed by atoms with Crippen molar-refractivity contribution in [3.05, 3.63) is 0 Å². The fourth-order valence-corrected chi connectivity index (χ4v) is 2.47. The van der Waals surface area contributed by atoms with Gasteiger partial charge in [0.15, 0.2) is 0 Å². The molecule has 0 spiro atoms. The summed E-state index contributed by atoms with van der Waals surface area (Å²) < 4.78 is 195. The summed E-state index contributed by atoms with van der Waals surface area (Å²) in [5.74, 6) is -39.1. The minimum atomic E-state index is -7.88. The zero-order chi connectivity index (χ0) is 21.4. The molecule has 0 N–H and O–H groups in total. The summed E-state index contributed by atoms with van der Waals surface area (Å²) in [6.07, 6.45) is -13.9. The Hall–Kier alpha value is -1.06. The molecule has 156 valence electrons. The molecule has 1 aliphatic rings. The maximum Gasteiger partial charge on any atom is 0.384 e. The van der Waals surface area contributed by atoms with E-state index in [0.29, 0.717) is 0 Å². The van der Waals surface area contributed by atoms with Crippen molar-refractivity contribution in [2.24, 2.45) is 5.41 Å². The third-order valence-electron chi connectivity index (χ3n) is 3.91. The quantitative estimate of drug-likeness (QED) is 0.613. The summed E-state index contributed by atoms with van der Waals surface area (Å²) in [6.45, 7) is 0. The van der Waals surface area contributed by atoms with E-state index in [-0.39, 0.29) is 0 Å². The molecule has 0 aromatic rings. The Morgan fingerprint density at radius 3 is 0.846 bits per heavy atom. The summed E-state index contributed by atoms with van der Waals surface area (Å²) in [4.78, 5) is 0. The van der Waals surface area contributed by atoms with Gasteiger partial charge in [-0.15, -0.1) is 0 Å². The topological polar surface area (TPSA) is 18.5 Å². The summed E-state index contributed by atoms with van der Waals surface area (Å²) in [5, 5.41) is 0. The average Bonchev–Trinajstić information content (AvgIpc) is 2.44. The van der Waals surface area contributed by atoms with Crippen LogP contribution in [0.3, 0.4) is 0 Å². The van der Waals surface area contributed by atoms with Gasteiger partial charge in [-0.05, 0) is 0 Å². The number of alkyl halides is 14. The fraction of sp³-hybridized carbons (Fsp3) is 1.00. The summed E-state index contributed by atoms with van der Waals surface area (Å²) in [6, 6.07) is 0. The molecule has 0 bridgehead atoms. The second kappa shape index (κ2) is 5.26. The second-order valence-electron chi connectivity index (χ2n) is 5.06. The molecule has 0 aliphatic heterocycles. The Kier molecular flexibility index (Phi) is 4.65. The van der Waals surface area contributed by atoms with Crippen LogP contribution in [0.1, 0.15) is 0 Å².